The van der Waals surface area contributed by atoms with Gasteiger partial charge in [0.1, 0.15) is 17.3 Å². The number of anilines is 1. The van der Waals surface area contributed by atoms with Gasteiger partial charge in [0, 0.05) is 12.1 Å². The van der Waals surface area contributed by atoms with E-state index in [0.717, 1.165) is 0 Å². The predicted octanol–water partition coefficient (Wildman–Crippen LogP) is 3.52. The van der Waals surface area contributed by atoms with E-state index in [9.17, 15) is 4.39 Å². The fourth-order valence-corrected chi connectivity index (χ4v) is 1.51. The van der Waals surface area contributed by atoms with E-state index in [1.165, 1.54) is 6.07 Å². The molecule has 0 bridgehead atoms. The fraction of sp³-hybridized carbons (Fsp3) is 0.143. The van der Waals surface area contributed by atoms with Gasteiger partial charge in [0.2, 0.25) is 0 Å². The zero-order valence-corrected chi connectivity index (χ0v) is 10.2. The van der Waals surface area contributed by atoms with Crippen molar-refractivity contribution in [2.45, 2.75) is 6.92 Å². The summed E-state index contributed by atoms with van der Waals surface area (Å²) in [6, 6.07) is 9.76. The molecule has 0 aromatic heterocycles. The maximum atomic E-state index is 13.4. The lowest BCUT2D eigenvalue weighted by Gasteiger charge is -2.10. The quantitative estimate of drug-likeness (QED) is 0.844. The van der Waals surface area contributed by atoms with E-state index in [-0.39, 0.29) is 5.82 Å². The van der Waals surface area contributed by atoms with Crippen LogP contribution in [0.4, 0.5) is 10.1 Å². The van der Waals surface area contributed by atoms with Crippen LogP contribution in [0, 0.1) is 12.7 Å². The number of benzene rings is 2. The Bertz CT molecular complexity index is 570. The molecule has 0 fully saturated rings. The number of hydrogen-bond donors (Lipinski definition) is 1. The second kappa shape index (κ2) is 4.96. The van der Waals surface area contributed by atoms with Crippen molar-refractivity contribution in [1.82, 2.24) is 0 Å². The molecule has 0 aliphatic heterocycles. The number of nitrogen functional groups attached to an aromatic ring is 1. The molecule has 0 aliphatic carbocycles. The smallest absolute Gasteiger partial charge is 0.150 e. The minimum absolute atomic E-state index is 0.306. The standard InChI is InChI=1S/C14H14FNO2/c1-9-3-4-11(7-12(9)15)18-14-6-5-10(17-2)8-13(14)16/h3-8H,16H2,1-2H3. The van der Waals surface area contributed by atoms with Gasteiger partial charge in [-0.25, -0.2) is 4.39 Å². The highest BCUT2D eigenvalue weighted by molar-refractivity contribution is 5.57. The molecule has 0 spiro atoms. The molecule has 0 atom stereocenters. The van der Waals surface area contributed by atoms with Crippen LogP contribution in [-0.2, 0) is 0 Å². The third-order valence-corrected chi connectivity index (χ3v) is 2.59. The zero-order chi connectivity index (χ0) is 13.1. The van der Waals surface area contributed by atoms with E-state index in [1.807, 2.05) is 0 Å². The average molecular weight is 247 g/mol. The summed E-state index contributed by atoms with van der Waals surface area (Å²) in [6.45, 7) is 1.70. The van der Waals surface area contributed by atoms with Crippen LogP contribution in [0.25, 0.3) is 0 Å². The Balaban J connectivity index is 2.25. The number of aryl methyl sites for hydroxylation is 1. The van der Waals surface area contributed by atoms with Gasteiger partial charge in [0.15, 0.2) is 5.75 Å². The summed E-state index contributed by atoms with van der Waals surface area (Å²) >= 11 is 0. The number of hydrogen-bond acceptors (Lipinski definition) is 3. The molecule has 0 radical (unpaired) electrons. The van der Waals surface area contributed by atoms with Gasteiger partial charge < -0.3 is 15.2 Å². The Kier molecular flexibility index (Phi) is 3.37. The summed E-state index contributed by atoms with van der Waals surface area (Å²) in [5.74, 6) is 1.23. The van der Waals surface area contributed by atoms with Gasteiger partial charge >= 0.3 is 0 Å². The van der Waals surface area contributed by atoms with Crippen molar-refractivity contribution >= 4 is 5.69 Å². The summed E-state index contributed by atoms with van der Waals surface area (Å²) in [7, 11) is 1.56. The first kappa shape index (κ1) is 12.2. The molecule has 4 heteroatoms. The fourth-order valence-electron chi connectivity index (χ4n) is 1.51. The molecule has 94 valence electrons. The first-order chi connectivity index (χ1) is 8.60. The maximum Gasteiger partial charge on any atom is 0.150 e. The molecule has 0 aliphatic rings. The molecule has 2 aromatic rings. The largest absolute Gasteiger partial charge is 0.497 e. The monoisotopic (exact) mass is 247 g/mol. The Morgan fingerprint density at radius 3 is 2.39 bits per heavy atom. The molecular weight excluding hydrogens is 233 g/mol. The van der Waals surface area contributed by atoms with Crippen molar-refractivity contribution in [2.24, 2.45) is 0 Å². The summed E-state index contributed by atoms with van der Waals surface area (Å²) in [5.41, 5.74) is 6.83. The van der Waals surface area contributed by atoms with Crippen molar-refractivity contribution in [1.29, 1.82) is 0 Å². The van der Waals surface area contributed by atoms with E-state index < -0.39 is 0 Å². The molecule has 0 unspecified atom stereocenters. The lowest BCUT2D eigenvalue weighted by Crippen LogP contribution is -1.94. The summed E-state index contributed by atoms with van der Waals surface area (Å²) in [5, 5.41) is 0. The van der Waals surface area contributed by atoms with Crippen LogP contribution in [0.15, 0.2) is 36.4 Å². The Morgan fingerprint density at radius 2 is 1.78 bits per heavy atom. The molecule has 0 heterocycles. The molecular formula is C14H14FNO2. The molecule has 0 amide bonds. The normalized spacial score (nSPS) is 10.2. The molecule has 18 heavy (non-hydrogen) atoms. The van der Waals surface area contributed by atoms with E-state index in [4.69, 9.17) is 15.2 Å². The average Bonchev–Trinajstić information content (AvgIpc) is 2.36. The molecule has 2 N–H and O–H groups in total. The maximum absolute atomic E-state index is 13.4. The van der Waals surface area contributed by atoms with Crippen LogP contribution >= 0.6 is 0 Å². The minimum Gasteiger partial charge on any atom is -0.497 e. The highest BCUT2D eigenvalue weighted by atomic mass is 19.1. The summed E-state index contributed by atoms with van der Waals surface area (Å²) in [4.78, 5) is 0. The van der Waals surface area contributed by atoms with E-state index in [1.54, 1.807) is 44.4 Å². The van der Waals surface area contributed by atoms with Gasteiger partial charge in [0.05, 0.1) is 12.8 Å². The summed E-state index contributed by atoms with van der Waals surface area (Å²) in [6.07, 6.45) is 0. The van der Waals surface area contributed by atoms with Gasteiger partial charge in [-0.2, -0.15) is 0 Å². The number of ether oxygens (including phenoxy) is 2. The Hall–Kier alpha value is -2.23. The first-order valence-corrected chi connectivity index (χ1v) is 5.47. The number of halogens is 1. The van der Waals surface area contributed by atoms with Crippen LogP contribution in [0.2, 0.25) is 0 Å². The second-order valence-corrected chi connectivity index (χ2v) is 3.92. The molecule has 3 nitrogen and oxygen atoms in total. The third-order valence-electron chi connectivity index (χ3n) is 2.59. The Morgan fingerprint density at radius 1 is 1.06 bits per heavy atom. The van der Waals surface area contributed by atoms with Gasteiger partial charge in [-0.3, -0.25) is 0 Å². The third kappa shape index (κ3) is 2.53. The molecule has 2 rings (SSSR count). The van der Waals surface area contributed by atoms with Gasteiger partial charge in [-0.15, -0.1) is 0 Å². The van der Waals surface area contributed by atoms with E-state index in [2.05, 4.69) is 0 Å². The second-order valence-electron chi connectivity index (χ2n) is 3.92. The van der Waals surface area contributed by atoms with Crippen LogP contribution in [-0.4, -0.2) is 7.11 Å². The zero-order valence-electron chi connectivity index (χ0n) is 10.2. The van der Waals surface area contributed by atoms with Crippen LogP contribution in [0.1, 0.15) is 5.56 Å². The number of rotatable bonds is 3. The summed E-state index contributed by atoms with van der Waals surface area (Å²) < 4.78 is 23.9. The van der Waals surface area contributed by atoms with Crippen LogP contribution in [0.3, 0.4) is 0 Å². The van der Waals surface area contributed by atoms with Gasteiger partial charge in [-0.05, 0) is 30.7 Å². The highest BCUT2D eigenvalue weighted by Crippen LogP contribution is 2.31. The highest BCUT2D eigenvalue weighted by Gasteiger charge is 2.05. The van der Waals surface area contributed by atoms with E-state index in [0.29, 0.717) is 28.5 Å². The van der Waals surface area contributed by atoms with E-state index >= 15 is 0 Å². The number of nitrogens with two attached hydrogens (primary N) is 1. The van der Waals surface area contributed by atoms with Crippen molar-refractivity contribution < 1.29 is 13.9 Å². The van der Waals surface area contributed by atoms with Crippen LogP contribution in [0.5, 0.6) is 17.2 Å². The molecule has 0 saturated heterocycles. The lowest BCUT2D eigenvalue weighted by atomic mass is 10.2. The SMILES string of the molecule is COc1ccc(Oc2ccc(C)c(F)c2)c(N)c1. The molecule has 0 saturated carbocycles. The van der Waals surface area contributed by atoms with Crippen molar-refractivity contribution in [3.8, 4) is 17.2 Å². The Labute approximate surface area is 105 Å². The van der Waals surface area contributed by atoms with Crippen molar-refractivity contribution in [3.05, 3.63) is 47.8 Å². The predicted molar refractivity (Wildman–Crippen MR) is 68.6 cm³/mol. The van der Waals surface area contributed by atoms with Crippen molar-refractivity contribution in [2.75, 3.05) is 12.8 Å². The van der Waals surface area contributed by atoms with Gasteiger partial charge in [0.25, 0.3) is 0 Å². The van der Waals surface area contributed by atoms with Gasteiger partial charge in [-0.1, -0.05) is 6.07 Å². The topological polar surface area (TPSA) is 44.5 Å². The minimum atomic E-state index is -0.306. The van der Waals surface area contributed by atoms with Crippen LogP contribution < -0.4 is 15.2 Å². The number of methoxy groups -OCH3 is 1. The molecule has 2 aromatic carbocycles. The lowest BCUT2D eigenvalue weighted by molar-refractivity contribution is 0.413. The first-order valence-electron chi connectivity index (χ1n) is 5.47. The van der Waals surface area contributed by atoms with Crippen molar-refractivity contribution in [3.63, 3.8) is 0 Å².